The quantitative estimate of drug-likeness (QED) is 0.672. The van der Waals surface area contributed by atoms with Gasteiger partial charge in [-0.1, -0.05) is 6.07 Å². The summed E-state index contributed by atoms with van der Waals surface area (Å²) in [7, 11) is 0. The van der Waals surface area contributed by atoms with Crippen molar-refractivity contribution >= 4 is 11.5 Å². The minimum Gasteiger partial charge on any atom is -0.471 e. The molecule has 0 bridgehead atoms. The number of ether oxygens (including phenoxy) is 1. The summed E-state index contributed by atoms with van der Waals surface area (Å²) in [5, 5.41) is 6.29. The number of hydrogen-bond donors (Lipinski definition) is 2. The van der Waals surface area contributed by atoms with Crippen molar-refractivity contribution in [2.45, 2.75) is 25.1 Å². The number of piperidine rings is 1. The summed E-state index contributed by atoms with van der Waals surface area (Å²) in [5.74, 6) is 0.613. The van der Waals surface area contributed by atoms with E-state index in [0.717, 1.165) is 0 Å². The minimum atomic E-state index is -2.59. The number of hydrogen-bond acceptors (Lipinski definition) is 6. The van der Waals surface area contributed by atoms with Crippen LogP contribution in [0.5, 0.6) is 5.88 Å². The van der Waals surface area contributed by atoms with Gasteiger partial charge in [0.15, 0.2) is 12.3 Å². The molecule has 0 radical (unpaired) electrons. The maximum atomic E-state index is 14.1. The van der Waals surface area contributed by atoms with Gasteiger partial charge in [0.2, 0.25) is 5.88 Å². The Kier molecular flexibility index (Phi) is 5.29. The molecule has 2 atom stereocenters. The standard InChI is InChI=1S/C18H19F3N6O/c19-11-4-5-22-6-13(11)26-16-3-1-2-12(25-16)14-7-23-17-8-24-18(9-27(14)17)28-10-15(20)21/h1-3,7-9,11,13,15,22H,4-6,10H2,(H,25,26)/t11-,13-/m0/s1. The highest BCUT2D eigenvalue weighted by atomic mass is 19.3. The summed E-state index contributed by atoms with van der Waals surface area (Å²) >= 11 is 0. The number of nitrogens with one attached hydrogen (secondary N) is 2. The molecule has 3 aromatic rings. The normalized spacial score (nSPS) is 19.9. The van der Waals surface area contributed by atoms with Gasteiger partial charge >= 0.3 is 0 Å². The third-order valence-corrected chi connectivity index (χ3v) is 4.47. The maximum Gasteiger partial charge on any atom is 0.272 e. The first-order valence-corrected chi connectivity index (χ1v) is 8.93. The van der Waals surface area contributed by atoms with Crippen molar-refractivity contribution in [3.63, 3.8) is 0 Å². The van der Waals surface area contributed by atoms with Gasteiger partial charge in [0.1, 0.15) is 12.0 Å². The number of pyridine rings is 1. The number of halogens is 3. The fourth-order valence-electron chi connectivity index (χ4n) is 3.10. The number of fused-ring (bicyclic) bond motifs is 1. The van der Waals surface area contributed by atoms with E-state index < -0.39 is 19.2 Å². The molecule has 0 aliphatic carbocycles. The first-order chi connectivity index (χ1) is 13.6. The Hall–Kier alpha value is -2.88. The monoisotopic (exact) mass is 392 g/mol. The predicted octanol–water partition coefficient (Wildman–Crippen LogP) is 2.55. The summed E-state index contributed by atoms with van der Waals surface area (Å²) in [6.07, 6.45) is 1.47. The van der Waals surface area contributed by atoms with Gasteiger partial charge in [0.05, 0.1) is 36.0 Å². The number of aromatic nitrogens is 4. The van der Waals surface area contributed by atoms with E-state index in [-0.39, 0.29) is 11.9 Å². The minimum absolute atomic E-state index is 0.0647. The maximum absolute atomic E-state index is 14.1. The van der Waals surface area contributed by atoms with E-state index in [1.165, 1.54) is 12.4 Å². The van der Waals surface area contributed by atoms with Crippen LogP contribution >= 0.6 is 0 Å². The summed E-state index contributed by atoms with van der Waals surface area (Å²) in [6.45, 7) is 0.456. The highest BCUT2D eigenvalue weighted by Crippen LogP contribution is 2.23. The van der Waals surface area contributed by atoms with Crippen LogP contribution in [0.2, 0.25) is 0 Å². The van der Waals surface area contributed by atoms with Crippen LogP contribution in [0.4, 0.5) is 19.0 Å². The molecule has 148 valence electrons. The van der Waals surface area contributed by atoms with E-state index in [4.69, 9.17) is 4.74 Å². The van der Waals surface area contributed by atoms with Gasteiger partial charge in [-0.05, 0) is 25.1 Å². The molecule has 2 N–H and O–H groups in total. The van der Waals surface area contributed by atoms with E-state index in [1.807, 2.05) is 6.07 Å². The van der Waals surface area contributed by atoms with Crippen molar-refractivity contribution in [3.05, 3.63) is 36.8 Å². The van der Waals surface area contributed by atoms with Crippen molar-refractivity contribution < 1.29 is 17.9 Å². The number of nitrogens with zero attached hydrogens (tertiary/aromatic N) is 4. The Balaban J connectivity index is 1.59. The third-order valence-electron chi connectivity index (χ3n) is 4.47. The average molecular weight is 392 g/mol. The van der Waals surface area contributed by atoms with Crippen LogP contribution in [-0.4, -0.2) is 57.7 Å². The molecule has 4 heterocycles. The van der Waals surface area contributed by atoms with Crippen LogP contribution in [0.25, 0.3) is 17.0 Å². The Morgan fingerprint density at radius 1 is 1.29 bits per heavy atom. The van der Waals surface area contributed by atoms with Gasteiger partial charge in [0.25, 0.3) is 6.43 Å². The number of rotatable bonds is 6. The van der Waals surface area contributed by atoms with Crippen molar-refractivity contribution in [2.75, 3.05) is 25.0 Å². The lowest BCUT2D eigenvalue weighted by Crippen LogP contribution is -2.46. The van der Waals surface area contributed by atoms with Gasteiger partial charge in [-0.15, -0.1) is 0 Å². The summed E-state index contributed by atoms with van der Waals surface area (Å²) in [4.78, 5) is 12.8. The van der Waals surface area contributed by atoms with E-state index in [0.29, 0.717) is 42.4 Å². The lowest BCUT2D eigenvalue weighted by molar-refractivity contribution is 0.0793. The van der Waals surface area contributed by atoms with Crippen LogP contribution in [0.15, 0.2) is 36.8 Å². The van der Waals surface area contributed by atoms with Gasteiger partial charge < -0.3 is 15.4 Å². The Morgan fingerprint density at radius 3 is 3.00 bits per heavy atom. The van der Waals surface area contributed by atoms with Crippen molar-refractivity contribution in [1.29, 1.82) is 0 Å². The average Bonchev–Trinajstić information content (AvgIpc) is 3.12. The highest BCUT2D eigenvalue weighted by Gasteiger charge is 2.24. The highest BCUT2D eigenvalue weighted by molar-refractivity contribution is 5.61. The van der Waals surface area contributed by atoms with Crippen LogP contribution in [0.3, 0.4) is 0 Å². The molecule has 3 aromatic heterocycles. The van der Waals surface area contributed by atoms with Crippen molar-refractivity contribution in [1.82, 2.24) is 24.7 Å². The van der Waals surface area contributed by atoms with Crippen LogP contribution < -0.4 is 15.4 Å². The zero-order valence-corrected chi connectivity index (χ0v) is 14.9. The van der Waals surface area contributed by atoms with Crippen LogP contribution in [0.1, 0.15) is 6.42 Å². The first-order valence-electron chi connectivity index (χ1n) is 8.93. The zero-order valence-electron chi connectivity index (χ0n) is 14.9. The lowest BCUT2D eigenvalue weighted by atomic mass is 10.1. The second kappa shape index (κ2) is 8.01. The molecule has 1 aliphatic rings. The van der Waals surface area contributed by atoms with Gasteiger partial charge in [-0.3, -0.25) is 4.40 Å². The van der Waals surface area contributed by atoms with E-state index >= 15 is 0 Å². The fourth-order valence-corrected chi connectivity index (χ4v) is 3.10. The largest absolute Gasteiger partial charge is 0.471 e. The molecule has 0 spiro atoms. The zero-order chi connectivity index (χ0) is 19.5. The first kappa shape index (κ1) is 18.5. The van der Waals surface area contributed by atoms with Gasteiger partial charge in [-0.25, -0.2) is 28.1 Å². The molecule has 28 heavy (non-hydrogen) atoms. The lowest BCUT2D eigenvalue weighted by Gasteiger charge is -2.28. The van der Waals surface area contributed by atoms with Crippen molar-refractivity contribution in [3.8, 4) is 17.3 Å². The van der Waals surface area contributed by atoms with E-state index in [2.05, 4.69) is 25.6 Å². The second-order valence-corrected chi connectivity index (χ2v) is 6.47. The topological polar surface area (TPSA) is 76.4 Å². The molecule has 10 heteroatoms. The molecular formula is C18H19F3N6O. The smallest absolute Gasteiger partial charge is 0.272 e. The van der Waals surface area contributed by atoms with Crippen molar-refractivity contribution in [2.24, 2.45) is 0 Å². The summed E-state index contributed by atoms with van der Waals surface area (Å²) < 4.78 is 45.4. The Bertz CT molecular complexity index is 950. The molecule has 1 saturated heterocycles. The Morgan fingerprint density at radius 2 is 2.18 bits per heavy atom. The molecule has 0 unspecified atom stereocenters. The Labute approximate surface area is 159 Å². The van der Waals surface area contributed by atoms with Gasteiger partial charge in [-0.2, -0.15) is 0 Å². The molecule has 7 nitrogen and oxygen atoms in total. The molecule has 0 saturated carbocycles. The molecule has 4 rings (SSSR count). The SMILES string of the molecule is FC(F)COc1cn2c(-c3cccc(N[C@H]4CNCC[C@@H]4F)n3)cnc2cn1. The molecule has 0 aromatic carbocycles. The summed E-state index contributed by atoms with van der Waals surface area (Å²) in [6, 6.07) is 5.02. The van der Waals surface area contributed by atoms with E-state index in [1.54, 1.807) is 22.7 Å². The molecule has 0 amide bonds. The number of anilines is 1. The fraction of sp³-hybridized carbons (Fsp3) is 0.389. The molecule has 1 fully saturated rings. The molecular weight excluding hydrogens is 373 g/mol. The third kappa shape index (κ3) is 4.01. The van der Waals surface area contributed by atoms with Crippen LogP contribution in [-0.2, 0) is 0 Å². The number of imidazole rings is 1. The van der Waals surface area contributed by atoms with Gasteiger partial charge in [0, 0.05) is 6.54 Å². The number of alkyl halides is 3. The van der Waals surface area contributed by atoms with E-state index in [9.17, 15) is 13.2 Å². The van der Waals surface area contributed by atoms with Crippen LogP contribution in [0, 0.1) is 0 Å². The second-order valence-electron chi connectivity index (χ2n) is 6.47. The predicted molar refractivity (Wildman–Crippen MR) is 97.5 cm³/mol. The summed E-state index contributed by atoms with van der Waals surface area (Å²) in [5.41, 5.74) is 1.77. The molecule has 1 aliphatic heterocycles.